The highest BCUT2D eigenvalue weighted by molar-refractivity contribution is 7.84. The number of fused-ring (bicyclic) bond motifs is 1. The molecule has 1 saturated carbocycles. The minimum absolute atomic E-state index is 0.0436. The molecule has 3 aromatic rings. The van der Waals surface area contributed by atoms with Crippen molar-refractivity contribution in [1.82, 2.24) is 14.5 Å². The SMILES string of the molecule is NS(=O)(=O)OC[C@@H]1C[C@@H](n2ccc3c(NCc4ccccc4Cl)ncnc32)C[C@@H]1O. The number of nitrogens with zero attached hydrogens (tertiary/aromatic N) is 3. The van der Waals surface area contributed by atoms with Gasteiger partial charge in [-0.05, 0) is 30.5 Å². The van der Waals surface area contributed by atoms with Crippen molar-refractivity contribution in [1.29, 1.82) is 0 Å². The Hall–Kier alpha value is -2.24. The number of aliphatic hydroxyl groups is 1. The van der Waals surface area contributed by atoms with E-state index in [1.54, 1.807) is 0 Å². The molecule has 0 unspecified atom stereocenters. The van der Waals surface area contributed by atoms with E-state index in [0.717, 1.165) is 16.6 Å². The lowest BCUT2D eigenvalue weighted by Crippen LogP contribution is -2.24. The molecule has 4 N–H and O–H groups in total. The van der Waals surface area contributed by atoms with Crippen molar-refractivity contribution in [2.75, 3.05) is 11.9 Å². The van der Waals surface area contributed by atoms with E-state index in [-0.39, 0.29) is 18.6 Å². The van der Waals surface area contributed by atoms with Crippen LogP contribution in [0.2, 0.25) is 5.02 Å². The molecule has 2 aromatic heterocycles. The molecule has 0 amide bonds. The first-order valence-electron chi connectivity index (χ1n) is 9.46. The summed E-state index contributed by atoms with van der Waals surface area (Å²) in [6.45, 7) is 0.376. The molecule has 0 bridgehead atoms. The third-order valence-electron chi connectivity index (χ3n) is 5.39. The van der Waals surface area contributed by atoms with Gasteiger partial charge >= 0.3 is 10.3 Å². The van der Waals surface area contributed by atoms with Crippen LogP contribution >= 0.6 is 11.6 Å². The molecule has 2 heterocycles. The van der Waals surface area contributed by atoms with E-state index in [2.05, 4.69) is 19.5 Å². The van der Waals surface area contributed by atoms with Crippen LogP contribution < -0.4 is 10.5 Å². The third kappa shape index (κ3) is 4.57. The van der Waals surface area contributed by atoms with Gasteiger partial charge in [-0.15, -0.1) is 0 Å². The van der Waals surface area contributed by atoms with Crippen molar-refractivity contribution in [2.24, 2.45) is 11.1 Å². The molecular weight excluding hydrogens is 430 g/mol. The van der Waals surface area contributed by atoms with Crippen molar-refractivity contribution in [2.45, 2.75) is 31.5 Å². The molecule has 9 nitrogen and oxygen atoms in total. The minimum Gasteiger partial charge on any atom is -0.393 e. The van der Waals surface area contributed by atoms with E-state index in [0.29, 0.717) is 30.2 Å². The molecule has 30 heavy (non-hydrogen) atoms. The number of rotatable bonds is 7. The van der Waals surface area contributed by atoms with Gasteiger partial charge in [0.05, 0.1) is 18.1 Å². The number of anilines is 1. The van der Waals surface area contributed by atoms with Crippen LogP contribution in [-0.2, 0) is 21.0 Å². The van der Waals surface area contributed by atoms with Crippen LogP contribution in [0.15, 0.2) is 42.9 Å². The topological polar surface area (TPSA) is 132 Å². The highest BCUT2D eigenvalue weighted by Crippen LogP contribution is 2.37. The quantitative estimate of drug-likeness (QED) is 0.501. The summed E-state index contributed by atoms with van der Waals surface area (Å²) in [6.07, 6.45) is 3.72. The molecule has 0 saturated heterocycles. The van der Waals surface area contributed by atoms with E-state index in [1.807, 2.05) is 41.1 Å². The highest BCUT2D eigenvalue weighted by atomic mass is 35.5. The van der Waals surface area contributed by atoms with Crippen LogP contribution in [0.5, 0.6) is 0 Å². The fourth-order valence-electron chi connectivity index (χ4n) is 3.89. The van der Waals surface area contributed by atoms with Crippen LogP contribution in [0, 0.1) is 5.92 Å². The number of hydrogen-bond donors (Lipinski definition) is 3. The van der Waals surface area contributed by atoms with E-state index < -0.39 is 16.4 Å². The molecule has 0 radical (unpaired) electrons. The number of halogens is 1. The first-order chi connectivity index (χ1) is 14.3. The van der Waals surface area contributed by atoms with Crippen LogP contribution in [0.4, 0.5) is 5.82 Å². The largest absolute Gasteiger partial charge is 0.393 e. The molecule has 1 aliphatic rings. The molecule has 4 rings (SSSR count). The van der Waals surface area contributed by atoms with Gasteiger partial charge in [0.2, 0.25) is 0 Å². The van der Waals surface area contributed by atoms with Crippen molar-refractivity contribution in [3.8, 4) is 0 Å². The van der Waals surface area contributed by atoms with Gasteiger partial charge in [-0.2, -0.15) is 8.42 Å². The molecule has 11 heteroatoms. The highest BCUT2D eigenvalue weighted by Gasteiger charge is 2.35. The Kier molecular flexibility index (Phi) is 5.94. The summed E-state index contributed by atoms with van der Waals surface area (Å²) in [7, 11) is -4.04. The summed E-state index contributed by atoms with van der Waals surface area (Å²) in [5.74, 6) is 0.358. The zero-order valence-corrected chi connectivity index (χ0v) is 17.6. The molecule has 0 aliphatic heterocycles. The number of hydrogen-bond acceptors (Lipinski definition) is 7. The monoisotopic (exact) mass is 451 g/mol. The van der Waals surface area contributed by atoms with Gasteiger partial charge < -0.3 is 15.0 Å². The average molecular weight is 452 g/mol. The maximum Gasteiger partial charge on any atom is 0.333 e. The summed E-state index contributed by atoms with van der Waals surface area (Å²) >= 11 is 6.22. The second-order valence-electron chi connectivity index (χ2n) is 7.36. The Bertz CT molecular complexity index is 1150. The maximum absolute atomic E-state index is 11.0. The lowest BCUT2D eigenvalue weighted by molar-refractivity contribution is 0.100. The number of nitrogens with two attached hydrogens (primary N) is 1. The van der Waals surface area contributed by atoms with Gasteiger partial charge in [-0.1, -0.05) is 29.8 Å². The lowest BCUT2D eigenvalue weighted by Gasteiger charge is -2.14. The van der Waals surface area contributed by atoms with E-state index in [4.69, 9.17) is 16.7 Å². The van der Waals surface area contributed by atoms with E-state index >= 15 is 0 Å². The summed E-state index contributed by atoms with van der Waals surface area (Å²) in [4.78, 5) is 8.76. The summed E-state index contributed by atoms with van der Waals surface area (Å²) in [6, 6.07) is 9.47. The van der Waals surface area contributed by atoms with Gasteiger partial charge in [-0.25, -0.2) is 15.1 Å². The maximum atomic E-state index is 11.0. The van der Waals surface area contributed by atoms with Crippen LogP contribution in [0.3, 0.4) is 0 Å². The third-order valence-corrected chi connectivity index (χ3v) is 6.22. The van der Waals surface area contributed by atoms with Crippen LogP contribution in [0.25, 0.3) is 11.0 Å². The molecule has 0 spiro atoms. The van der Waals surface area contributed by atoms with Crippen LogP contribution in [0.1, 0.15) is 24.4 Å². The van der Waals surface area contributed by atoms with E-state index in [9.17, 15) is 13.5 Å². The van der Waals surface area contributed by atoms with Gasteiger partial charge in [0, 0.05) is 29.7 Å². The van der Waals surface area contributed by atoms with Gasteiger partial charge in [0.25, 0.3) is 0 Å². The Morgan fingerprint density at radius 1 is 1.27 bits per heavy atom. The fourth-order valence-corrected chi connectivity index (χ4v) is 4.46. The molecule has 1 fully saturated rings. The van der Waals surface area contributed by atoms with Crippen molar-refractivity contribution in [3.05, 3.63) is 53.4 Å². The Morgan fingerprint density at radius 3 is 2.83 bits per heavy atom. The smallest absolute Gasteiger partial charge is 0.333 e. The second kappa shape index (κ2) is 8.48. The molecular formula is C19H22ClN5O4S. The normalized spacial score (nSPS) is 21.9. The number of nitrogens with one attached hydrogen (secondary N) is 1. The number of aromatic nitrogens is 3. The predicted molar refractivity (Wildman–Crippen MR) is 113 cm³/mol. The first kappa shape index (κ1) is 21.0. The van der Waals surface area contributed by atoms with Crippen molar-refractivity contribution < 1.29 is 17.7 Å². The number of benzene rings is 1. The fraction of sp³-hybridized carbons (Fsp3) is 0.368. The predicted octanol–water partition coefficient (Wildman–Crippen LogP) is 2.23. The lowest BCUT2D eigenvalue weighted by atomic mass is 10.1. The average Bonchev–Trinajstić information content (AvgIpc) is 3.29. The van der Waals surface area contributed by atoms with Crippen LogP contribution in [-0.4, -0.2) is 40.8 Å². The zero-order valence-electron chi connectivity index (χ0n) is 16.0. The first-order valence-corrected chi connectivity index (χ1v) is 11.3. The summed E-state index contributed by atoms with van der Waals surface area (Å²) in [5.41, 5.74) is 1.69. The Balaban J connectivity index is 1.51. The van der Waals surface area contributed by atoms with Gasteiger partial charge in [-0.3, -0.25) is 4.18 Å². The molecule has 1 aliphatic carbocycles. The zero-order chi connectivity index (χ0) is 21.3. The minimum atomic E-state index is -4.04. The summed E-state index contributed by atoms with van der Waals surface area (Å²) < 4.78 is 28.7. The number of aliphatic hydroxyl groups excluding tert-OH is 1. The molecule has 3 atom stereocenters. The molecule has 1 aromatic carbocycles. The van der Waals surface area contributed by atoms with Gasteiger partial charge in [0.1, 0.15) is 17.8 Å². The molecule has 160 valence electrons. The van der Waals surface area contributed by atoms with Gasteiger partial charge in [0.15, 0.2) is 0 Å². The van der Waals surface area contributed by atoms with Crippen molar-refractivity contribution >= 4 is 38.8 Å². The van der Waals surface area contributed by atoms with Crippen molar-refractivity contribution in [3.63, 3.8) is 0 Å². The standard InChI is InChI=1S/C19H22ClN5O4S/c20-16-4-2-1-3-12(16)9-22-18-15-5-6-25(19(15)24-11-23-18)14-7-13(17(26)8-14)10-29-30(21,27)28/h1-6,11,13-14,17,26H,7-10H2,(H2,21,27,28)(H,22,23,24)/t13-,14+,17-/m0/s1. The van der Waals surface area contributed by atoms with E-state index in [1.165, 1.54) is 6.33 Å². The Labute approximate surface area is 179 Å². The second-order valence-corrected chi connectivity index (χ2v) is 8.99. The Morgan fingerprint density at radius 2 is 2.07 bits per heavy atom. The summed E-state index contributed by atoms with van der Waals surface area (Å²) in [5, 5.41) is 20.1.